The van der Waals surface area contributed by atoms with Gasteiger partial charge in [0.1, 0.15) is 5.75 Å². The number of thiocarbonyl (C=S) groups is 1. The molecule has 98 valence electrons. The number of benzene rings is 1. The van der Waals surface area contributed by atoms with Crippen LogP contribution >= 0.6 is 12.2 Å². The van der Waals surface area contributed by atoms with E-state index in [-0.39, 0.29) is 10.9 Å². The zero-order valence-corrected chi connectivity index (χ0v) is 11.9. The van der Waals surface area contributed by atoms with Gasteiger partial charge in [0.05, 0.1) is 23.2 Å². The van der Waals surface area contributed by atoms with Crippen LogP contribution in [0.25, 0.3) is 0 Å². The maximum absolute atomic E-state index is 12.4. The van der Waals surface area contributed by atoms with E-state index in [0.717, 1.165) is 0 Å². The van der Waals surface area contributed by atoms with Crippen LogP contribution in [0.5, 0.6) is 5.75 Å². The highest BCUT2D eigenvalue weighted by Gasteiger charge is 2.34. The molecular formula is C13H18N2O2S. The lowest BCUT2D eigenvalue weighted by Gasteiger charge is -2.29. The van der Waals surface area contributed by atoms with E-state index in [4.69, 9.17) is 22.7 Å². The van der Waals surface area contributed by atoms with E-state index >= 15 is 0 Å². The highest BCUT2D eigenvalue weighted by atomic mass is 32.1. The molecule has 1 aromatic rings. The van der Waals surface area contributed by atoms with Gasteiger partial charge in [-0.25, -0.2) is 0 Å². The summed E-state index contributed by atoms with van der Waals surface area (Å²) in [5.74, 6) is 0.464. The highest BCUT2D eigenvalue weighted by Crippen LogP contribution is 2.30. The Morgan fingerprint density at radius 2 is 1.94 bits per heavy atom. The molecule has 4 nitrogen and oxygen atoms in total. The monoisotopic (exact) mass is 266 g/mol. The summed E-state index contributed by atoms with van der Waals surface area (Å²) in [7, 11) is 3.25. The van der Waals surface area contributed by atoms with Crippen molar-refractivity contribution >= 4 is 28.8 Å². The molecule has 0 aliphatic rings. The van der Waals surface area contributed by atoms with Gasteiger partial charge in [0.25, 0.3) is 0 Å². The van der Waals surface area contributed by atoms with Gasteiger partial charge in [0.2, 0.25) is 5.91 Å². The molecule has 1 rings (SSSR count). The zero-order chi connectivity index (χ0) is 13.9. The molecule has 0 saturated carbocycles. The van der Waals surface area contributed by atoms with E-state index in [1.165, 1.54) is 4.90 Å². The van der Waals surface area contributed by atoms with E-state index in [1.54, 1.807) is 34.1 Å². The van der Waals surface area contributed by atoms with Crippen molar-refractivity contribution in [2.24, 2.45) is 11.1 Å². The lowest BCUT2D eigenvalue weighted by Crippen LogP contribution is -2.45. The Kier molecular flexibility index (Phi) is 4.29. The molecule has 0 aromatic heterocycles. The van der Waals surface area contributed by atoms with E-state index in [2.05, 4.69) is 0 Å². The number of anilines is 1. The standard InChI is InChI=1S/C13H18N2O2S/c1-13(2,11(14)18)12(16)15(3)9-7-5-6-8-10(9)17-4/h5-8H,1-4H3,(H2,14,18). The summed E-state index contributed by atoms with van der Waals surface area (Å²) in [6, 6.07) is 7.30. The predicted octanol–water partition coefficient (Wildman–Crippen LogP) is 1.97. The number of rotatable bonds is 4. The number of nitrogens with zero attached hydrogens (tertiary/aromatic N) is 1. The van der Waals surface area contributed by atoms with Gasteiger partial charge in [0, 0.05) is 7.05 Å². The highest BCUT2D eigenvalue weighted by molar-refractivity contribution is 7.80. The molecule has 2 N–H and O–H groups in total. The smallest absolute Gasteiger partial charge is 0.239 e. The van der Waals surface area contributed by atoms with Crippen LogP contribution in [0.3, 0.4) is 0 Å². The zero-order valence-electron chi connectivity index (χ0n) is 11.1. The molecule has 0 bridgehead atoms. The Balaban J connectivity index is 3.11. The van der Waals surface area contributed by atoms with Crippen molar-refractivity contribution in [3.63, 3.8) is 0 Å². The molecule has 0 heterocycles. The first-order chi connectivity index (χ1) is 8.32. The van der Waals surface area contributed by atoms with Gasteiger partial charge >= 0.3 is 0 Å². The minimum absolute atomic E-state index is 0.167. The molecule has 0 aliphatic heterocycles. The minimum atomic E-state index is -0.884. The summed E-state index contributed by atoms with van der Waals surface area (Å²) in [6.45, 7) is 3.42. The van der Waals surface area contributed by atoms with Crippen molar-refractivity contribution in [3.05, 3.63) is 24.3 Å². The third-order valence-corrected chi connectivity index (χ3v) is 3.41. The van der Waals surface area contributed by atoms with Crippen LogP contribution < -0.4 is 15.4 Å². The fourth-order valence-electron chi connectivity index (χ4n) is 1.54. The van der Waals surface area contributed by atoms with Gasteiger partial charge in [-0.2, -0.15) is 0 Å². The van der Waals surface area contributed by atoms with Crippen molar-refractivity contribution in [2.75, 3.05) is 19.1 Å². The van der Waals surface area contributed by atoms with Gasteiger partial charge in [-0.15, -0.1) is 0 Å². The number of amides is 1. The molecule has 0 unspecified atom stereocenters. The number of carbonyl (C=O) groups is 1. The van der Waals surface area contributed by atoms with Gasteiger partial charge in [-0.05, 0) is 26.0 Å². The summed E-state index contributed by atoms with van der Waals surface area (Å²) < 4.78 is 5.23. The van der Waals surface area contributed by atoms with Gasteiger partial charge in [-0.1, -0.05) is 24.4 Å². The van der Waals surface area contributed by atoms with Crippen molar-refractivity contribution in [2.45, 2.75) is 13.8 Å². The molecule has 0 radical (unpaired) electrons. The summed E-state index contributed by atoms with van der Waals surface area (Å²) in [5.41, 5.74) is 5.42. The molecule has 0 saturated heterocycles. The number of hydrogen-bond donors (Lipinski definition) is 1. The number of ether oxygens (including phenoxy) is 1. The van der Waals surface area contributed by atoms with E-state index in [0.29, 0.717) is 11.4 Å². The molecule has 5 heteroatoms. The fourth-order valence-corrected chi connectivity index (χ4v) is 1.63. The van der Waals surface area contributed by atoms with E-state index in [1.807, 2.05) is 18.2 Å². The van der Waals surface area contributed by atoms with E-state index < -0.39 is 5.41 Å². The number of hydrogen-bond acceptors (Lipinski definition) is 3. The number of nitrogens with two attached hydrogens (primary N) is 1. The van der Waals surface area contributed by atoms with Crippen LogP contribution in [0.2, 0.25) is 0 Å². The molecule has 0 fully saturated rings. The van der Waals surface area contributed by atoms with Crippen molar-refractivity contribution in [1.82, 2.24) is 0 Å². The second-order valence-electron chi connectivity index (χ2n) is 4.53. The molecular weight excluding hydrogens is 248 g/mol. The van der Waals surface area contributed by atoms with Crippen molar-refractivity contribution in [1.29, 1.82) is 0 Å². The van der Waals surface area contributed by atoms with Crippen LogP contribution in [-0.2, 0) is 4.79 Å². The SMILES string of the molecule is COc1ccccc1N(C)C(=O)C(C)(C)C(N)=S. The summed E-state index contributed by atoms with van der Waals surface area (Å²) in [4.78, 5) is 14.1. The van der Waals surface area contributed by atoms with Gasteiger partial charge in [0.15, 0.2) is 0 Å². The lowest BCUT2D eigenvalue weighted by molar-refractivity contribution is -0.123. The van der Waals surface area contributed by atoms with Crippen LogP contribution in [0, 0.1) is 5.41 Å². The first kappa shape index (κ1) is 14.4. The third-order valence-electron chi connectivity index (χ3n) is 2.90. The quantitative estimate of drug-likeness (QED) is 0.847. The predicted molar refractivity (Wildman–Crippen MR) is 77.0 cm³/mol. The summed E-state index contributed by atoms with van der Waals surface area (Å²) in [5, 5.41) is 0. The normalized spacial score (nSPS) is 10.9. The Morgan fingerprint density at radius 3 is 2.44 bits per heavy atom. The minimum Gasteiger partial charge on any atom is -0.495 e. The molecule has 1 aromatic carbocycles. The number of methoxy groups -OCH3 is 1. The van der Waals surface area contributed by atoms with Gasteiger partial charge in [-0.3, -0.25) is 4.79 Å². The summed E-state index contributed by atoms with van der Waals surface area (Å²) >= 11 is 4.94. The number of para-hydroxylation sites is 2. The average molecular weight is 266 g/mol. The summed E-state index contributed by atoms with van der Waals surface area (Å²) in [6.07, 6.45) is 0. The van der Waals surface area contributed by atoms with Crippen molar-refractivity contribution in [3.8, 4) is 5.75 Å². The molecule has 18 heavy (non-hydrogen) atoms. The number of carbonyl (C=O) groups excluding carboxylic acids is 1. The Morgan fingerprint density at radius 1 is 1.39 bits per heavy atom. The third kappa shape index (κ3) is 2.61. The van der Waals surface area contributed by atoms with Gasteiger partial charge < -0.3 is 15.4 Å². The fraction of sp³-hybridized carbons (Fsp3) is 0.385. The van der Waals surface area contributed by atoms with Crippen LogP contribution in [0.15, 0.2) is 24.3 Å². The molecule has 0 spiro atoms. The molecule has 0 atom stereocenters. The molecule has 1 amide bonds. The van der Waals surface area contributed by atoms with Crippen LogP contribution in [0.1, 0.15) is 13.8 Å². The topological polar surface area (TPSA) is 55.6 Å². The molecule has 0 aliphatic carbocycles. The first-order valence-electron chi connectivity index (χ1n) is 5.53. The van der Waals surface area contributed by atoms with Crippen LogP contribution in [-0.4, -0.2) is 25.1 Å². The Bertz CT molecular complexity index is 472. The lowest BCUT2D eigenvalue weighted by atomic mass is 9.91. The maximum atomic E-state index is 12.4. The average Bonchev–Trinajstić information content (AvgIpc) is 2.36. The first-order valence-corrected chi connectivity index (χ1v) is 5.94. The van der Waals surface area contributed by atoms with E-state index in [9.17, 15) is 4.79 Å². The second kappa shape index (κ2) is 5.35. The van der Waals surface area contributed by atoms with Crippen molar-refractivity contribution < 1.29 is 9.53 Å². The largest absolute Gasteiger partial charge is 0.495 e. The second-order valence-corrected chi connectivity index (χ2v) is 4.97. The maximum Gasteiger partial charge on any atom is 0.239 e. The van der Waals surface area contributed by atoms with Crippen LogP contribution in [0.4, 0.5) is 5.69 Å². The Labute approximate surface area is 113 Å². The Hall–Kier alpha value is -1.62.